The van der Waals surface area contributed by atoms with E-state index in [1.165, 1.54) is 11.6 Å². The summed E-state index contributed by atoms with van der Waals surface area (Å²) in [5, 5.41) is 15.2. The number of anilines is 1. The Kier molecular flexibility index (Phi) is 6.10. The molecule has 4 aromatic rings. The lowest BCUT2D eigenvalue weighted by molar-refractivity contribution is 0.0697. The second-order valence-electron chi connectivity index (χ2n) is 7.39. The number of carboxylic acid groups (broad SMARTS) is 1. The molecule has 0 saturated heterocycles. The molecule has 0 aliphatic rings. The van der Waals surface area contributed by atoms with Gasteiger partial charge in [0.15, 0.2) is 0 Å². The standard InChI is InChI=1S/C26H22ClNO3/c1-17-6-8-18(9-7-17)16-31-25-13-11-19-4-2-3-5-21(19)22(25)15-28-24-14-20(26(29)30)10-12-23(24)27/h2-14,28H,15-16H2,1H3,(H,29,30). The number of aromatic carboxylic acids is 1. The minimum atomic E-state index is -0.994. The highest BCUT2D eigenvalue weighted by Gasteiger charge is 2.12. The molecule has 2 N–H and O–H groups in total. The van der Waals surface area contributed by atoms with Crippen LogP contribution in [0.1, 0.15) is 27.0 Å². The van der Waals surface area contributed by atoms with Gasteiger partial charge in [0.1, 0.15) is 12.4 Å². The van der Waals surface area contributed by atoms with Crippen LogP contribution in [0.3, 0.4) is 0 Å². The molecular weight excluding hydrogens is 410 g/mol. The second kappa shape index (κ2) is 9.11. The van der Waals surface area contributed by atoms with Crippen LogP contribution in [0.15, 0.2) is 78.9 Å². The summed E-state index contributed by atoms with van der Waals surface area (Å²) in [5.41, 5.74) is 4.04. The van der Waals surface area contributed by atoms with Crippen molar-refractivity contribution in [2.75, 3.05) is 5.32 Å². The van der Waals surface area contributed by atoms with E-state index in [4.69, 9.17) is 16.3 Å². The van der Waals surface area contributed by atoms with Gasteiger partial charge in [-0.05, 0) is 47.5 Å². The fraction of sp³-hybridized carbons (Fsp3) is 0.115. The molecule has 0 aliphatic heterocycles. The van der Waals surface area contributed by atoms with Gasteiger partial charge in [-0.25, -0.2) is 4.79 Å². The van der Waals surface area contributed by atoms with Crippen LogP contribution in [-0.4, -0.2) is 11.1 Å². The zero-order valence-corrected chi connectivity index (χ0v) is 17.8. The summed E-state index contributed by atoms with van der Waals surface area (Å²) in [6.45, 7) is 2.95. The van der Waals surface area contributed by atoms with Crippen molar-refractivity contribution in [1.82, 2.24) is 0 Å². The van der Waals surface area contributed by atoms with E-state index in [0.29, 0.717) is 23.9 Å². The highest BCUT2D eigenvalue weighted by Crippen LogP contribution is 2.31. The average Bonchev–Trinajstić information content (AvgIpc) is 2.78. The van der Waals surface area contributed by atoms with Crippen molar-refractivity contribution in [2.24, 2.45) is 0 Å². The first-order valence-corrected chi connectivity index (χ1v) is 10.3. The first kappa shape index (κ1) is 20.8. The number of aryl methyl sites for hydroxylation is 1. The third kappa shape index (κ3) is 4.81. The van der Waals surface area contributed by atoms with Crippen LogP contribution in [0.2, 0.25) is 5.02 Å². The van der Waals surface area contributed by atoms with Gasteiger partial charge < -0.3 is 15.2 Å². The van der Waals surface area contributed by atoms with Crippen molar-refractivity contribution < 1.29 is 14.6 Å². The van der Waals surface area contributed by atoms with Gasteiger partial charge in [-0.15, -0.1) is 0 Å². The Morgan fingerprint density at radius 1 is 1.00 bits per heavy atom. The molecule has 0 unspecified atom stereocenters. The zero-order valence-electron chi connectivity index (χ0n) is 17.1. The van der Waals surface area contributed by atoms with Crippen molar-refractivity contribution in [1.29, 1.82) is 0 Å². The number of hydrogen-bond donors (Lipinski definition) is 2. The normalized spacial score (nSPS) is 10.8. The number of fused-ring (bicyclic) bond motifs is 1. The number of halogens is 1. The quantitative estimate of drug-likeness (QED) is 0.342. The Balaban J connectivity index is 1.63. The molecule has 0 saturated carbocycles. The van der Waals surface area contributed by atoms with Gasteiger partial charge in [0.05, 0.1) is 16.3 Å². The monoisotopic (exact) mass is 431 g/mol. The zero-order chi connectivity index (χ0) is 21.8. The first-order valence-electron chi connectivity index (χ1n) is 9.97. The number of benzene rings is 4. The van der Waals surface area contributed by atoms with Crippen LogP contribution < -0.4 is 10.1 Å². The molecule has 0 atom stereocenters. The maximum atomic E-state index is 11.3. The number of ether oxygens (including phenoxy) is 1. The molecule has 31 heavy (non-hydrogen) atoms. The van der Waals surface area contributed by atoms with Gasteiger partial charge in [-0.2, -0.15) is 0 Å². The Morgan fingerprint density at radius 3 is 2.55 bits per heavy atom. The fourth-order valence-corrected chi connectivity index (χ4v) is 3.64. The summed E-state index contributed by atoms with van der Waals surface area (Å²) in [6, 6.07) is 25.0. The van der Waals surface area contributed by atoms with Crippen molar-refractivity contribution >= 4 is 34.0 Å². The van der Waals surface area contributed by atoms with E-state index < -0.39 is 5.97 Å². The van der Waals surface area contributed by atoms with Crippen LogP contribution in [0.4, 0.5) is 5.69 Å². The average molecular weight is 432 g/mol. The lowest BCUT2D eigenvalue weighted by Gasteiger charge is -2.16. The fourth-order valence-electron chi connectivity index (χ4n) is 3.46. The van der Waals surface area contributed by atoms with Crippen LogP contribution in [-0.2, 0) is 13.2 Å². The number of carbonyl (C=O) groups is 1. The Bertz CT molecular complexity index is 1240. The molecule has 0 aromatic heterocycles. The minimum absolute atomic E-state index is 0.181. The van der Waals surface area contributed by atoms with E-state index in [1.807, 2.05) is 24.3 Å². The number of rotatable bonds is 7. The van der Waals surface area contributed by atoms with Crippen molar-refractivity contribution in [3.05, 3.63) is 106 Å². The predicted octanol–water partition coefficient (Wildman–Crippen LogP) is 6.69. The lowest BCUT2D eigenvalue weighted by Crippen LogP contribution is -2.06. The summed E-state index contributed by atoms with van der Waals surface area (Å²) >= 11 is 6.29. The molecule has 0 spiro atoms. The largest absolute Gasteiger partial charge is 0.489 e. The molecule has 156 valence electrons. The Labute approximate surface area is 186 Å². The molecule has 4 rings (SSSR count). The molecule has 0 fully saturated rings. The van der Waals surface area contributed by atoms with E-state index in [1.54, 1.807) is 12.1 Å². The SMILES string of the molecule is Cc1ccc(COc2ccc3ccccc3c2CNc2cc(C(=O)O)ccc2Cl)cc1. The van der Waals surface area contributed by atoms with E-state index >= 15 is 0 Å². The Hall–Kier alpha value is -3.50. The molecule has 0 heterocycles. The third-order valence-electron chi connectivity index (χ3n) is 5.18. The summed E-state index contributed by atoms with van der Waals surface area (Å²) in [6.07, 6.45) is 0. The molecule has 0 radical (unpaired) electrons. The van der Waals surface area contributed by atoms with Crippen molar-refractivity contribution in [2.45, 2.75) is 20.1 Å². The topological polar surface area (TPSA) is 58.6 Å². The van der Waals surface area contributed by atoms with Crippen LogP contribution >= 0.6 is 11.6 Å². The molecule has 4 nitrogen and oxygen atoms in total. The van der Waals surface area contributed by atoms with Gasteiger partial charge in [-0.1, -0.05) is 71.8 Å². The molecule has 0 bridgehead atoms. The van der Waals surface area contributed by atoms with Gasteiger partial charge in [0.25, 0.3) is 0 Å². The van der Waals surface area contributed by atoms with Gasteiger partial charge >= 0.3 is 5.97 Å². The minimum Gasteiger partial charge on any atom is -0.489 e. The second-order valence-corrected chi connectivity index (χ2v) is 7.80. The van der Waals surface area contributed by atoms with Crippen LogP contribution in [0.25, 0.3) is 10.8 Å². The lowest BCUT2D eigenvalue weighted by atomic mass is 10.0. The highest BCUT2D eigenvalue weighted by molar-refractivity contribution is 6.33. The summed E-state index contributed by atoms with van der Waals surface area (Å²) in [4.78, 5) is 11.3. The van der Waals surface area contributed by atoms with E-state index in [9.17, 15) is 9.90 Å². The maximum absolute atomic E-state index is 11.3. The van der Waals surface area contributed by atoms with E-state index in [2.05, 4.69) is 48.6 Å². The van der Waals surface area contributed by atoms with E-state index in [0.717, 1.165) is 27.6 Å². The van der Waals surface area contributed by atoms with Crippen LogP contribution in [0.5, 0.6) is 5.75 Å². The predicted molar refractivity (Wildman–Crippen MR) is 125 cm³/mol. The number of hydrogen-bond acceptors (Lipinski definition) is 3. The van der Waals surface area contributed by atoms with Crippen molar-refractivity contribution in [3.8, 4) is 5.75 Å². The summed E-state index contributed by atoms with van der Waals surface area (Å²) in [5.74, 6) is -0.218. The van der Waals surface area contributed by atoms with E-state index in [-0.39, 0.29) is 5.56 Å². The Morgan fingerprint density at radius 2 is 1.77 bits per heavy atom. The van der Waals surface area contributed by atoms with Crippen molar-refractivity contribution in [3.63, 3.8) is 0 Å². The van der Waals surface area contributed by atoms with Crippen LogP contribution in [0, 0.1) is 6.92 Å². The first-order chi connectivity index (χ1) is 15.0. The van der Waals surface area contributed by atoms with Gasteiger partial charge in [-0.3, -0.25) is 0 Å². The number of carboxylic acids is 1. The maximum Gasteiger partial charge on any atom is 0.335 e. The third-order valence-corrected chi connectivity index (χ3v) is 5.51. The number of nitrogens with one attached hydrogen (secondary N) is 1. The molecule has 0 amide bonds. The summed E-state index contributed by atoms with van der Waals surface area (Å²) in [7, 11) is 0. The molecular formula is C26H22ClNO3. The summed E-state index contributed by atoms with van der Waals surface area (Å²) < 4.78 is 6.18. The smallest absolute Gasteiger partial charge is 0.335 e. The molecule has 4 aromatic carbocycles. The molecule has 5 heteroatoms. The van der Waals surface area contributed by atoms with Gasteiger partial charge in [0.2, 0.25) is 0 Å². The molecule has 0 aliphatic carbocycles. The van der Waals surface area contributed by atoms with Gasteiger partial charge in [0, 0.05) is 12.1 Å². The highest BCUT2D eigenvalue weighted by atomic mass is 35.5.